The topological polar surface area (TPSA) is 92.7 Å². The van der Waals surface area contributed by atoms with E-state index in [1.165, 1.54) is 9.91 Å². The predicted octanol–water partition coefficient (Wildman–Crippen LogP) is 3.51. The van der Waals surface area contributed by atoms with E-state index < -0.39 is 0 Å². The highest BCUT2D eigenvalue weighted by Crippen LogP contribution is 2.37. The average molecular weight is 489 g/mol. The molecule has 0 aliphatic carbocycles. The Morgan fingerprint density at radius 1 is 1.21 bits per heavy atom. The number of nitrogens with zero attached hydrogens (tertiary/aromatic N) is 3. The summed E-state index contributed by atoms with van der Waals surface area (Å²) >= 11 is 1.58. The highest BCUT2D eigenvalue weighted by atomic mass is 32.1. The molecule has 9 nitrogen and oxygen atoms in total. The fourth-order valence-electron chi connectivity index (χ4n) is 3.68. The van der Waals surface area contributed by atoms with E-state index in [9.17, 15) is 9.59 Å². The zero-order chi connectivity index (χ0) is 24.7. The van der Waals surface area contributed by atoms with Crippen LogP contribution in [0.15, 0.2) is 40.8 Å². The fourth-order valence-corrected chi connectivity index (χ4v) is 4.40. The Balaban J connectivity index is 1.90. The van der Waals surface area contributed by atoms with Crippen molar-refractivity contribution in [2.75, 3.05) is 41.0 Å². The van der Waals surface area contributed by atoms with Gasteiger partial charge in [0.25, 0.3) is 5.91 Å². The molecule has 0 spiro atoms. The number of carbonyl (C=O) groups excluding carboxylic acids is 2. The maximum Gasteiger partial charge on any atom is 0.318 e. The third-order valence-electron chi connectivity index (χ3n) is 5.35. The van der Waals surface area contributed by atoms with Crippen LogP contribution in [0.1, 0.15) is 36.8 Å². The fraction of sp³-hybridized carbons (Fsp3) is 0.458. The van der Waals surface area contributed by atoms with Crippen LogP contribution in [-0.4, -0.2) is 74.6 Å². The van der Waals surface area contributed by atoms with E-state index in [2.05, 4.69) is 10.4 Å². The van der Waals surface area contributed by atoms with Crippen LogP contribution < -0.4 is 14.8 Å². The van der Waals surface area contributed by atoms with Gasteiger partial charge in [-0.25, -0.2) is 9.80 Å². The number of nitrogens with one attached hydrogen (secondary N) is 1. The molecule has 0 fully saturated rings. The smallest absolute Gasteiger partial charge is 0.318 e. The normalized spacial score (nSPS) is 15.3. The molecule has 0 unspecified atom stereocenters. The molecule has 1 aromatic carbocycles. The van der Waals surface area contributed by atoms with Gasteiger partial charge in [0.2, 0.25) is 0 Å². The number of hydrogen-bond acceptors (Lipinski definition) is 7. The lowest BCUT2D eigenvalue weighted by molar-refractivity contribution is -0.133. The molecule has 0 radical (unpaired) electrons. The summed E-state index contributed by atoms with van der Waals surface area (Å²) in [6.07, 6.45) is 0.554. The molecule has 1 aliphatic rings. The summed E-state index contributed by atoms with van der Waals surface area (Å²) in [6, 6.07) is 8.85. The zero-order valence-corrected chi connectivity index (χ0v) is 21.1. The second-order valence-corrected chi connectivity index (χ2v) is 9.06. The largest absolute Gasteiger partial charge is 0.493 e. The van der Waals surface area contributed by atoms with Gasteiger partial charge in [-0.1, -0.05) is 12.1 Å². The second kappa shape index (κ2) is 11.8. The zero-order valence-electron chi connectivity index (χ0n) is 20.2. The van der Waals surface area contributed by atoms with Gasteiger partial charge in [-0.2, -0.15) is 5.10 Å². The summed E-state index contributed by atoms with van der Waals surface area (Å²) in [5.41, 5.74) is 1.70. The number of carbonyl (C=O) groups is 2. The molecule has 1 N–H and O–H groups in total. The molecule has 3 rings (SSSR count). The molecule has 2 heterocycles. The number of ether oxygens (including phenoxy) is 3. The Morgan fingerprint density at radius 2 is 1.97 bits per heavy atom. The van der Waals surface area contributed by atoms with Crippen LogP contribution in [0.3, 0.4) is 0 Å². The molecule has 3 amide bonds. The molecule has 0 bridgehead atoms. The Hall–Kier alpha value is -3.11. The van der Waals surface area contributed by atoms with Crippen molar-refractivity contribution in [3.63, 3.8) is 0 Å². The van der Waals surface area contributed by atoms with Gasteiger partial charge in [0, 0.05) is 26.1 Å². The first kappa shape index (κ1) is 25.5. The molecule has 0 saturated heterocycles. The van der Waals surface area contributed by atoms with Crippen molar-refractivity contribution in [2.24, 2.45) is 5.10 Å². The van der Waals surface area contributed by atoms with Crippen LogP contribution in [0.25, 0.3) is 0 Å². The van der Waals surface area contributed by atoms with Gasteiger partial charge >= 0.3 is 6.03 Å². The lowest BCUT2D eigenvalue weighted by Gasteiger charge is -2.27. The molecule has 1 aromatic heterocycles. The van der Waals surface area contributed by atoms with E-state index >= 15 is 0 Å². The van der Waals surface area contributed by atoms with Crippen molar-refractivity contribution in [1.82, 2.24) is 15.2 Å². The van der Waals surface area contributed by atoms with Gasteiger partial charge in [-0.15, -0.1) is 11.3 Å². The Morgan fingerprint density at radius 3 is 2.59 bits per heavy atom. The summed E-state index contributed by atoms with van der Waals surface area (Å²) in [6.45, 7) is 4.24. The maximum atomic E-state index is 13.5. The summed E-state index contributed by atoms with van der Waals surface area (Å²) in [4.78, 5) is 28.6. The first-order chi connectivity index (χ1) is 16.4. The third kappa shape index (κ3) is 6.06. The molecule has 184 valence electrons. The standard InChI is InChI=1S/C24H32N4O5S/c1-16(2)25-24(30)27(10-11-31-3)15-23(29)28-19(14-18(26-28)22-7-6-12-34-22)17-8-9-20(32-4)21(13-17)33-5/h6-9,12-13,16,19H,10-11,14-15H2,1-5H3,(H,25,30)/t19-/m1/s1. The third-order valence-corrected chi connectivity index (χ3v) is 6.27. The Kier molecular flexibility index (Phi) is 8.89. The van der Waals surface area contributed by atoms with E-state index in [4.69, 9.17) is 14.2 Å². The van der Waals surface area contributed by atoms with Crippen molar-refractivity contribution in [3.8, 4) is 11.5 Å². The van der Waals surface area contributed by atoms with Gasteiger partial charge in [0.1, 0.15) is 6.54 Å². The second-order valence-electron chi connectivity index (χ2n) is 8.12. The molecular weight excluding hydrogens is 456 g/mol. The van der Waals surface area contributed by atoms with Crippen LogP contribution in [0, 0.1) is 0 Å². The summed E-state index contributed by atoms with van der Waals surface area (Å²) < 4.78 is 16.0. The van der Waals surface area contributed by atoms with Crippen LogP contribution in [0.5, 0.6) is 11.5 Å². The predicted molar refractivity (Wildman–Crippen MR) is 132 cm³/mol. The van der Waals surface area contributed by atoms with Crippen molar-refractivity contribution in [3.05, 3.63) is 46.2 Å². The Bertz CT molecular complexity index is 1010. The monoisotopic (exact) mass is 488 g/mol. The number of urea groups is 1. The van der Waals surface area contributed by atoms with E-state index in [1.807, 2.05) is 49.6 Å². The lowest BCUT2D eigenvalue weighted by atomic mass is 10.0. The highest BCUT2D eigenvalue weighted by Gasteiger charge is 2.35. The number of amides is 3. The van der Waals surface area contributed by atoms with E-state index in [1.54, 1.807) is 32.7 Å². The van der Waals surface area contributed by atoms with Gasteiger partial charge < -0.3 is 24.4 Å². The minimum atomic E-state index is -0.332. The summed E-state index contributed by atoms with van der Waals surface area (Å²) in [7, 11) is 4.72. The SMILES string of the molecule is COCCN(CC(=O)N1N=C(c2cccs2)C[C@@H]1c1ccc(OC)c(OC)c1)C(=O)NC(C)C. The maximum absolute atomic E-state index is 13.5. The number of rotatable bonds is 10. The van der Waals surface area contributed by atoms with Crippen molar-refractivity contribution >= 4 is 29.0 Å². The average Bonchev–Trinajstić information content (AvgIpc) is 3.50. The molecule has 2 aromatic rings. The van der Waals surface area contributed by atoms with Crippen LogP contribution in [0.4, 0.5) is 4.79 Å². The van der Waals surface area contributed by atoms with Crippen LogP contribution >= 0.6 is 11.3 Å². The van der Waals surface area contributed by atoms with Gasteiger partial charge in [0.05, 0.1) is 37.5 Å². The minimum Gasteiger partial charge on any atom is -0.493 e. The number of hydrogen-bond donors (Lipinski definition) is 1. The quantitative estimate of drug-likeness (QED) is 0.553. The van der Waals surface area contributed by atoms with Crippen LogP contribution in [-0.2, 0) is 9.53 Å². The molecular formula is C24H32N4O5S. The molecule has 1 aliphatic heterocycles. The van der Waals surface area contributed by atoms with E-state index in [0.29, 0.717) is 24.5 Å². The van der Waals surface area contributed by atoms with E-state index in [-0.39, 0.29) is 37.1 Å². The van der Waals surface area contributed by atoms with Crippen LogP contribution in [0.2, 0.25) is 0 Å². The number of thiophene rings is 1. The van der Waals surface area contributed by atoms with Crippen molar-refractivity contribution in [2.45, 2.75) is 32.4 Å². The Labute approximate surface area is 204 Å². The number of benzene rings is 1. The van der Waals surface area contributed by atoms with Gasteiger partial charge in [-0.3, -0.25) is 4.79 Å². The molecule has 10 heteroatoms. The van der Waals surface area contributed by atoms with E-state index in [0.717, 1.165) is 16.2 Å². The number of methoxy groups -OCH3 is 3. The first-order valence-corrected chi connectivity index (χ1v) is 12.0. The van der Waals surface area contributed by atoms with Crippen molar-refractivity contribution < 1.29 is 23.8 Å². The number of hydrazone groups is 1. The van der Waals surface area contributed by atoms with Gasteiger partial charge in [-0.05, 0) is 43.0 Å². The molecule has 34 heavy (non-hydrogen) atoms. The summed E-state index contributed by atoms with van der Waals surface area (Å²) in [5, 5.41) is 11.0. The lowest BCUT2D eigenvalue weighted by Crippen LogP contribution is -2.48. The van der Waals surface area contributed by atoms with Gasteiger partial charge in [0.15, 0.2) is 11.5 Å². The summed E-state index contributed by atoms with van der Waals surface area (Å²) in [5.74, 6) is 0.911. The molecule has 1 atom stereocenters. The molecule has 0 saturated carbocycles. The first-order valence-electron chi connectivity index (χ1n) is 11.1. The van der Waals surface area contributed by atoms with Crippen molar-refractivity contribution in [1.29, 1.82) is 0 Å². The minimum absolute atomic E-state index is 0.0533. The highest BCUT2D eigenvalue weighted by molar-refractivity contribution is 7.12.